The van der Waals surface area contributed by atoms with Crippen molar-refractivity contribution >= 4 is 5.65 Å². The van der Waals surface area contributed by atoms with Gasteiger partial charge in [-0.3, -0.25) is 4.68 Å². The number of hydrogen-bond acceptors (Lipinski definition) is 5. The van der Waals surface area contributed by atoms with E-state index in [9.17, 15) is 0 Å². The highest BCUT2D eigenvalue weighted by Gasteiger charge is 2.20. The van der Waals surface area contributed by atoms with Gasteiger partial charge in [-0.05, 0) is 20.8 Å². The summed E-state index contributed by atoms with van der Waals surface area (Å²) in [4.78, 5) is 4.54. The number of nitrogens with zero attached hydrogens (tertiary/aromatic N) is 5. The van der Waals surface area contributed by atoms with E-state index >= 15 is 0 Å². The van der Waals surface area contributed by atoms with Crippen LogP contribution < -0.4 is 10.6 Å². The van der Waals surface area contributed by atoms with Gasteiger partial charge in [-0.15, -0.1) is 0 Å². The Bertz CT molecular complexity index is 921. The summed E-state index contributed by atoms with van der Waals surface area (Å²) in [5.74, 6) is 0. The largest absolute Gasteiger partial charge is 0.312 e. The highest BCUT2D eigenvalue weighted by molar-refractivity contribution is 5.42. The molecule has 25 heavy (non-hydrogen) atoms. The molecule has 7 heteroatoms. The van der Waals surface area contributed by atoms with Gasteiger partial charge in [0.2, 0.25) is 0 Å². The summed E-state index contributed by atoms with van der Waals surface area (Å²) in [6, 6.07) is 2.18. The van der Waals surface area contributed by atoms with Gasteiger partial charge in [0.05, 0.1) is 11.4 Å². The number of aromatic nitrogens is 5. The van der Waals surface area contributed by atoms with Gasteiger partial charge in [-0.1, -0.05) is 0 Å². The zero-order chi connectivity index (χ0) is 17.6. The van der Waals surface area contributed by atoms with Crippen LogP contribution in [0.3, 0.4) is 0 Å². The van der Waals surface area contributed by atoms with E-state index in [1.165, 1.54) is 16.8 Å². The standard InChI is InChI=1S/C18H25N7/c1-11-7-18-21-9-14(13(3)25(18)22-11)12(2)20-10-16-15-8-19-6-5-17(15)24(4)23-16/h7,9,12,19-20H,5-6,8,10H2,1-4H3. The number of fused-ring (bicyclic) bond motifs is 2. The predicted octanol–water partition coefficient (Wildman–Crippen LogP) is 1.58. The van der Waals surface area contributed by atoms with E-state index in [1.807, 2.05) is 35.4 Å². The number of nitrogens with one attached hydrogen (secondary N) is 2. The van der Waals surface area contributed by atoms with Crippen molar-refractivity contribution in [1.82, 2.24) is 35.0 Å². The van der Waals surface area contributed by atoms with E-state index in [4.69, 9.17) is 5.10 Å². The van der Waals surface area contributed by atoms with Gasteiger partial charge in [0.15, 0.2) is 5.65 Å². The predicted molar refractivity (Wildman–Crippen MR) is 96.3 cm³/mol. The van der Waals surface area contributed by atoms with Gasteiger partial charge in [-0.25, -0.2) is 9.50 Å². The van der Waals surface area contributed by atoms with Gasteiger partial charge in [0.1, 0.15) is 0 Å². The molecule has 7 nitrogen and oxygen atoms in total. The highest BCUT2D eigenvalue weighted by Crippen LogP contribution is 2.21. The Hall–Kier alpha value is -2.25. The lowest BCUT2D eigenvalue weighted by atomic mass is 10.1. The van der Waals surface area contributed by atoms with Gasteiger partial charge < -0.3 is 10.6 Å². The monoisotopic (exact) mass is 339 g/mol. The molecule has 0 bridgehead atoms. The summed E-state index contributed by atoms with van der Waals surface area (Å²) in [6.45, 7) is 8.95. The normalized spacial score (nSPS) is 15.5. The first-order valence-corrected chi connectivity index (χ1v) is 8.84. The molecular weight excluding hydrogens is 314 g/mol. The van der Waals surface area contributed by atoms with Crippen molar-refractivity contribution in [2.45, 2.75) is 46.3 Å². The first-order valence-electron chi connectivity index (χ1n) is 8.84. The van der Waals surface area contributed by atoms with E-state index in [0.717, 1.165) is 48.8 Å². The van der Waals surface area contributed by atoms with E-state index in [1.54, 1.807) is 0 Å². The molecule has 0 aliphatic carbocycles. The van der Waals surface area contributed by atoms with Crippen molar-refractivity contribution < 1.29 is 0 Å². The van der Waals surface area contributed by atoms with Crippen LogP contribution in [0.1, 0.15) is 46.9 Å². The van der Waals surface area contributed by atoms with Gasteiger partial charge in [-0.2, -0.15) is 10.2 Å². The Labute approximate surface area is 147 Å². The SMILES string of the molecule is Cc1cc2ncc(C(C)NCc3nn(C)c4c3CNCC4)c(C)n2n1. The van der Waals surface area contributed by atoms with Crippen LogP contribution in [0, 0.1) is 13.8 Å². The van der Waals surface area contributed by atoms with Crippen LogP contribution >= 0.6 is 0 Å². The molecule has 0 saturated heterocycles. The fourth-order valence-electron chi connectivity index (χ4n) is 3.70. The Balaban J connectivity index is 1.55. The molecule has 1 unspecified atom stereocenters. The summed E-state index contributed by atoms with van der Waals surface area (Å²) >= 11 is 0. The first-order chi connectivity index (χ1) is 12.0. The maximum Gasteiger partial charge on any atom is 0.155 e. The highest BCUT2D eigenvalue weighted by atomic mass is 15.3. The first kappa shape index (κ1) is 16.2. The lowest BCUT2D eigenvalue weighted by molar-refractivity contribution is 0.550. The summed E-state index contributed by atoms with van der Waals surface area (Å²) in [7, 11) is 2.04. The average molecular weight is 339 g/mol. The third kappa shape index (κ3) is 2.83. The second kappa shape index (κ2) is 6.24. The van der Waals surface area contributed by atoms with Crippen LogP contribution in [0.2, 0.25) is 0 Å². The Morgan fingerprint density at radius 3 is 3.00 bits per heavy atom. The number of rotatable bonds is 4. The summed E-state index contributed by atoms with van der Waals surface area (Å²) < 4.78 is 3.96. The van der Waals surface area contributed by atoms with Crippen LogP contribution in [0.4, 0.5) is 0 Å². The van der Waals surface area contributed by atoms with E-state index in [-0.39, 0.29) is 6.04 Å². The molecule has 0 radical (unpaired) electrons. The summed E-state index contributed by atoms with van der Waals surface area (Å²) in [5, 5.41) is 16.3. The van der Waals surface area contributed by atoms with E-state index in [0.29, 0.717) is 0 Å². The Morgan fingerprint density at radius 1 is 1.32 bits per heavy atom. The fourth-order valence-corrected chi connectivity index (χ4v) is 3.70. The minimum Gasteiger partial charge on any atom is -0.312 e. The molecule has 1 atom stereocenters. The molecule has 0 aromatic carbocycles. The van der Waals surface area contributed by atoms with Gasteiger partial charge in [0.25, 0.3) is 0 Å². The lowest BCUT2D eigenvalue weighted by Gasteiger charge is -2.17. The molecule has 2 N–H and O–H groups in total. The van der Waals surface area contributed by atoms with Crippen LogP contribution in [0.15, 0.2) is 12.3 Å². The molecule has 0 spiro atoms. The van der Waals surface area contributed by atoms with Crippen LogP contribution in [0.5, 0.6) is 0 Å². The second-order valence-corrected chi connectivity index (χ2v) is 6.88. The molecule has 132 valence electrons. The van der Waals surface area contributed by atoms with Gasteiger partial charge >= 0.3 is 0 Å². The Kier molecular flexibility index (Phi) is 4.05. The lowest BCUT2D eigenvalue weighted by Crippen LogP contribution is -2.26. The molecule has 3 aromatic heterocycles. The van der Waals surface area contributed by atoms with Crippen molar-refractivity contribution in [3.63, 3.8) is 0 Å². The van der Waals surface area contributed by atoms with Crippen molar-refractivity contribution in [1.29, 1.82) is 0 Å². The van der Waals surface area contributed by atoms with Crippen LogP contribution in [-0.4, -0.2) is 30.9 Å². The maximum atomic E-state index is 4.71. The average Bonchev–Trinajstić information content (AvgIpc) is 3.14. The number of hydrogen-bond donors (Lipinski definition) is 2. The molecular formula is C18H25N7. The van der Waals surface area contributed by atoms with Crippen molar-refractivity contribution in [2.75, 3.05) is 6.54 Å². The molecule has 1 aliphatic rings. The van der Waals surface area contributed by atoms with Crippen LogP contribution in [-0.2, 0) is 26.6 Å². The smallest absolute Gasteiger partial charge is 0.155 e. The molecule has 3 aromatic rings. The fraction of sp³-hybridized carbons (Fsp3) is 0.500. The van der Waals surface area contributed by atoms with Crippen molar-refractivity contribution in [2.24, 2.45) is 7.05 Å². The van der Waals surface area contributed by atoms with Crippen LogP contribution in [0.25, 0.3) is 5.65 Å². The molecule has 0 fully saturated rings. The summed E-state index contributed by atoms with van der Waals surface area (Å²) in [6.07, 6.45) is 3.01. The van der Waals surface area contributed by atoms with Crippen molar-refractivity contribution in [3.05, 3.63) is 46.2 Å². The molecule has 4 heterocycles. The quantitative estimate of drug-likeness (QED) is 0.755. The molecule has 0 saturated carbocycles. The second-order valence-electron chi connectivity index (χ2n) is 6.88. The maximum absolute atomic E-state index is 4.71. The summed E-state index contributed by atoms with van der Waals surface area (Å²) in [5.41, 5.74) is 8.02. The van der Waals surface area contributed by atoms with Crippen molar-refractivity contribution in [3.8, 4) is 0 Å². The third-order valence-corrected chi connectivity index (χ3v) is 5.12. The Morgan fingerprint density at radius 2 is 2.16 bits per heavy atom. The molecule has 4 rings (SSSR count). The van der Waals surface area contributed by atoms with Gasteiger partial charge in [0, 0.05) is 73.9 Å². The minimum atomic E-state index is 0.176. The molecule has 1 aliphatic heterocycles. The zero-order valence-electron chi connectivity index (χ0n) is 15.3. The molecule has 0 amide bonds. The zero-order valence-corrected chi connectivity index (χ0v) is 15.3. The van der Waals surface area contributed by atoms with E-state index < -0.39 is 0 Å². The van der Waals surface area contributed by atoms with E-state index in [2.05, 4.69) is 34.6 Å². The topological polar surface area (TPSA) is 72.1 Å². The third-order valence-electron chi connectivity index (χ3n) is 5.12. The minimum absolute atomic E-state index is 0.176. The number of aryl methyl sites for hydroxylation is 3.